The molecule has 32 heavy (non-hydrogen) atoms. The van der Waals surface area contributed by atoms with E-state index < -0.39 is 0 Å². The fourth-order valence-corrected chi connectivity index (χ4v) is 4.09. The predicted molar refractivity (Wildman–Crippen MR) is 132 cm³/mol. The molecular weight excluding hydrogens is 400 g/mol. The number of carbonyl (C=O) groups excluding carboxylic acids is 2. The standard InChI is InChI=1S/C26H37N4O2/c1-29(2,3)17-9-15-27-21-13-7-11-19-23(21)26(32)24-20(25(19)31)12-8-14-22(24)28-16-10-18-30(4,5)6/h7-8,11-14H,9-10,15-18H2,1-6H3,(H-,27,28,32)/q+1/p+1. The summed E-state index contributed by atoms with van der Waals surface area (Å²) in [5, 5.41) is 6.82. The normalized spacial score (nSPS) is 13.6. The molecule has 3 rings (SSSR count). The second kappa shape index (κ2) is 9.43. The van der Waals surface area contributed by atoms with Crippen LogP contribution in [0.2, 0.25) is 0 Å². The minimum Gasteiger partial charge on any atom is -0.384 e. The Kier molecular flexibility index (Phi) is 7.06. The molecule has 172 valence electrons. The van der Waals surface area contributed by atoms with E-state index in [-0.39, 0.29) is 11.6 Å². The minimum absolute atomic E-state index is 0.0837. The van der Waals surface area contributed by atoms with Gasteiger partial charge in [0.15, 0.2) is 11.6 Å². The molecule has 0 amide bonds. The van der Waals surface area contributed by atoms with Crippen molar-refractivity contribution in [2.24, 2.45) is 0 Å². The van der Waals surface area contributed by atoms with Crippen LogP contribution in [-0.2, 0) is 0 Å². The van der Waals surface area contributed by atoms with E-state index in [0.717, 1.165) is 59.4 Å². The Morgan fingerprint density at radius 2 is 1.03 bits per heavy atom. The fraction of sp³-hybridized carbons (Fsp3) is 0.462. The van der Waals surface area contributed by atoms with Gasteiger partial charge in [0.05, 0.1) is 66.5 Å². The molecule has 2 aromatic carbocycles. The highest BCUT2D eigenvalue weighted by molar-refractivity contribution is 6.31. The van der Waals surface area contributed by atoms with Crippen molar-refractivity contribution in [1.82, 2.24) is 0 Å². The van der Waals surface area contributed by atoms with Crippen molar-refractivity contribution in [3.63, 3.8) is 0 Å². The van der Waals surface area contributed by atoms with Gasteiger partial charge >= 0.3 is 0 Å². The van der Waals surface area contributed by atoms with E-state index in [1.54, 1.807) is 12.1 Å². The summed E-state index contributed by atoms with van der Waals surface area (Å²) in [4.78, 5) is 26.9. The van der Waals surface area contributed by atoms with E-state index in [4.69, 9.17) is 0 Å². The number of hydrogen-bond donors (Lipinski definition) is 2. The zero-order valence-corrected chi connectivity index (χ0v) is 20.4. The van der Waals surface area contributed by atoms with Crippen molar-refractivity contribution < 1.29 is 18.6 Å². The molecule has 2 aromatic rings. The molecule has 1 aliphatic carbocycles. The van der Waals surface area contributed by atoms with Gasteiger partial charge in [0.1, 0.15) is 0 Å². The van der Waals surface area contributed by atoms with Crippen LogP contribution in [0.1, 0.15) is 44.7 Å². The maximum atomic E-state index is 13.6. The van der Waals surface area contributed by atoms with Gasteiger partial charge in [-0.2, -0.15) is 0 Å². The number of benzene rings is 2. The van der Waals surface area contributed by atoms with Gasteiger partial charge in [-0.15, -0.1) is 0 Å². The number of carbonyl (C=O) groups is 2. The molecule has 0 unspecified atom stereocenters. The average Bonchev–Trinajstić information content (AvgIpc) is 2.71. The van der Waals surface area contributed by atoms with Crippen LogP contribution in [0.4, 0.5) is 11.4 Å². The number of rotatable bonds is 10. The summed E-state index contributed by atoms with van der Waals surface area (Å²) >= 11 is 0. The van der Waals surface area contributed by atoms with E-state index in [2.05, 4.69) is 52.9 Å². The lowest BCUT2D eigenvalue weighted by molar-refractivity contribution is -0.870. The summed E-state index contributed by atoms with van der Waals surface area (Å²) in [7, 11) is 13.0. The Morgan fingerprint density at radius 3 is 1.41 bits per heavy atom. The predicted octanol–water partition coefficient (Wildman–Crippen LogP) is 3.48. The van der Waals surface area contributed by atoms with Gasteiger partial charge in [-0.05, 0) is 12.1 Å². The summed E-state index contributed by atoms with van der Waals surface area (Å²) in [6, 6.07) is 11.0. The number of nitrogens with one attached hydrogen (secondary N) is 2. The summed E-state index contributed by atoms with van der Waals surface area (Å²) in [5.74, 6) is -0.168. The molecule has 0 heterocycles. The van der Waals surface area contributed by atoms with E-state index in [9.17, 15) is 9.59 Å². The van der Waals surface area contributed by atoms with Gasteiger partial charge in [-0.25, -0.2) is 0 Å². The minimum atomic E-state index is -0.0843. The van der Waals surface area contributed by atoms with Crippen LogP contribution in [0, 0.1) is 0 Å². The average molecular weight is 439 g/mol. The molecule has 0 bridgehead atoms. The molecule has 1 aliphatic rings. The van der Waals surface area contributed by atoms with Crippen LogP contribution in [0.25, 0.3) is 0 Å². The molecule has 6 nitrogen and oxygen atoms in total. The molecule has 0 fully saturated rings. The molecule has 0 spiro atoms. The third-order valence-corrected chi connectivity index (χ3v) is 5.71. The maximum absolute atomic E-state index is 13.6. The molecule has 0 saturated carbocycles. The topological polar surface area (TPSA) is 58.2 Å². The van der Waals surface area contributed by atoms with Crippen LogP contribution in [0.3, 0.4) is 0 Å². The smallest absolute Gasteiger partial charge is 0.198 e. The van der Waals surface area contributed by atoms with E-state index >= 15 is 0 Å². The summed E-state index contributed by atoms with van der Waals surface area (Å²) < 4.78 is 1.78. The molecular formula is C26H38N4O2+2. The van der Waals surface area contributed by atoms with Gasteiger partial charge in [0, 0.05) is 48.4 Å². The second-order valence-electron chi connectivity index (χ2n) is 10.7. The van der Waals surface area contributed by atoms with Crippen LogP contribution in [0.5, 0.6) is 0 Å². The quantitative estimate of drug-likeness (QED) is 0.376. The zero-order chi connectivity index (χ0) is 23.5. The Labute approximate surface area is 192 Å². The van der Waals surface area contributed by atoms with Crippen molar-refractivity contribution in [3.8, 4) is 0 Å². The van der Waals surface area contributed by atoms with Crippen LogP contribution < -0.4 is 10.6 Å². The molecule has 0 radical (unpaired) electrons. The number of quaternary nitrogens is 2. The van der Waals surface area contributed by atoms with Crippen molar-refractivity contribution in [2.75, 3.05) is 79.1 Å². The largest absolute Gasteiger partial charge is 0.384 e. The van der Waals surface area contributed by atoms with Crippen LogP contribution in [0.15, 0.2) is 36.4 Å². The summed E-state index contributed by atoms with van der Waals surface area (Å²) in [5.41, 5.74) is 3.45. The van der Waals surface area contributed by atoms with Crippen molar-refractivity contribution >= 4 is 22.9 Å². The Hall–Kier alpha value is -2.70. The lowest BCUT2D eigenvalue weighted by Gasteiger charge is -2.25. The Bertz CT molecular complexity index is 922. The first-order chi connectivity index (χ1) is 15.0. The highest BCUT2D eigenvalue weighted by atomic mass is 16.1. The second-order valence-corrected chi connectivity index (χ2v) is 10.7. The molecule has 0 atom stereocenters. The van der Waals surface area contributed by atoms with E-state index in [1.807, 2.05) is 24.3 Å². The maximum Gasteiger partial charge on any atom is 0.198 e. The van der Waals surface area contributed by atoms with Crippen LogP contribution in [-0.4, -0.2) is 89.0 Å². The van der Waals surface area contributed by atoms with Crippen molar-refractivity contribution in [2.45, 2.75) is 12.8 Å². The number of fused-ring (bicyclic) bond motifs is 2. The Balaban J connectivity index is 1.83. The number of ketones is 2. The number of nitrogens with zero attached hydrogens (tertiary/aromatic N) is 2. The van der Waals surface area contributed by atoms with Crippen molar-refractivity contribution in [1.29, 1.82) is 0 Å². The molecule has 6 heteroatoms. The first-order valence-corrected chi connectivity index (χ1v) is 11.4. The summed E-state index contributed by atoms with van der Waals surface area (Å²) in [6.45, 7) is 3.56. The first-order valence-electron chi connectivity index (χ1n) is 11.4. The van der Waals surface area contributed by atoms with Gasteiger partial charge in [0.25, 0.3) is 0 Å². The SMILES string of the molecule is C[N+](C)(C)CCCNc1cccc2c1C(=O)c1c(NCCC[N+](C)(C)C)cccc1C2=O. The van der Waals surface area contributed by atoms with Gasteiger partial charge in [-0.3, -0.25) is 9.59 Å². The van der Waals surface area contributed by atoms with Gasteiger partial charge < -0.3 is 19.6 Å². The lowest BCUT2D eigenvalue weighted by Crippen LogP contribution is -2.36. The van der Waals surface area contributed by atoms with Gasteiger partial charge in [0.2, 0.25) is 0 Å². The lowest BCUT2D eigenvalue weighted by atomic mass is 9.82. The molecule has 0 aromatic heterocycles. The summed E-state index contributed by atoms with van der Waals surface area (Å²) in [6.07, 6.45) is 1.95. The Morgan fingerprint density at radius 1 is 0.625 bits per heavy atom. The van der Waals surface area contributed by atoms with E-state index in [1.165, 1.54) is 0 Å². The molecule has 0 aliphatic heterocycles. The highest BCUT2D eigenvalue weighted by Crippen LogP contribution is 2.35. The monoisotopic (exact) mass is 438 g/mol. The molecule has 0 saturated heterocycles. The number of hydrogen-bond acceptors (Lipinski definition) is 4. The zero-order valence-electron chi connectivity index (χ0n) is 20.4. The third-order valence-electron chi connectivity index (χ3n) is 5.71. The number of anilines is 2. The first kappa shape index (κ1) is 24.0. The van der Waals surface area contributed by atoms with E-state index in [0.29, 0.717) is 22.3 Å². The third kappa shape index (κ3) is 5.75. The van der Waals surface area contributed by atoms with Crippen molar-refractivity contribution in [3.05, 3.63) is 58.7 Å². The van der Waals surface area contributed by atoms with Crippen LogP contribution >= 0.6 is 0 Å². The highest BCUT2D eigenvalue weighted by Gasteiger charge is 2.33. The fourth-order valence-electron chi connectivity index (χ4n) is 4.09. The molecule has 2 N–H and O–H groups in total. The van der Waals surface area contributed by atoms with Gasteiger partial charge in [-0.1, -0.05) is 24.3 Å².